The molecule has 2 rings (SSSR count). The predicted octanol–water partition coefficient (Wildman–Crippen LogP) is 1.70. The number of nitrogens with one attached hydrogen (secondary N) is 1. The minimum atomic E-state index is -3.55. The van der Waals surface area contributed by atoms with Crippen LogP contribution in [0.5, 0.6) is 0 Å². The van der Waals surface area contributed by atoms with E-state index in [0.29, 0.717) is 11.3 Å². The highest BCUT2D eigenvalue weighted by Gasteiger charge is 2.23. The van der Waals surface area contributed by atoms with Crippen LogP contribution in [-0.2, 0) is 17.1 Å². The Kier molecular flexibility index (Phi) is 4.86. The molecule has 1 aromatic heterocycles. The fourth-order valence-electron chi connectivity index (χ4n) is 1.91. The summed E-state index contributed by atoms with van der Waals surface area (Å²) in [5.74, 6) is -0.320. The molecule has 0 fully saturated rings. The normalized spacial score (nSPS) is 11.9. The van der Waals surface area contributed by atoms with Crippen LogP contribution in [0.2, 0.25) is 0 Å². The molecule has 7 nitrogen and oxygen atoms in total. The van der Waals surface area contributed by atoms with E-state index in [0.717, 1.165) is 0 Å². The summed E-state index contributed by atoms with van der Waals surface area (Å²) >= 11 is 0. The Labute approximate surface area is 136 Å². The second-order valence-electron chi connectivity index (χ2n) is 5.50. The Morgan fingerprint density at radius 1 is 1.26 bits per heavy atom. The Morgan fingerprint density at radius 2 is 1.87 bits per heavy atom. The number of anilines is 1. The highest BCUT2D eigenvalue weighted by molar-refractivity contribution is 7.89. The zero-order chi connectivity index (χ0) is 17.2. The van der Waals surface area contributed by atoms with Gasteiger partial charge in [-0.05, 0) is 38.1 Å². The predicted molar refractivity (Wildman–Crippen MR) is 87.7 cm³/mol. The molecule has 0 saturated heterocycles. The number of carbonyl (C=O) groups is 1. The largest absolute Gasteiger partial charge is 0.319 e. The maximum atomic E-state index is 12.4. The van der Waals surface area contributed by atoms with E-state index in [-0.39, 0.29) is 16.8 Å². The second kappa shape index (κ2) is 6.51. The number of benzene rings is 1. The summed E-state index contributed by atoms with van der Waals surface area (Å²) in [4.78, 5) is 12.3. The van der Waals surface area contributed by atoms with E-state index in [1.165, 1.54) is 41.8 Å². The van der Waals surface area contributed by atoms with Gasteiger partial charge >= 0.3 is 0 Å². The summed E-state index contributed by atoms with van der Waals surface area (Å²) in [7, 11) is -0.267. The van der Waals surface area contributed by atoms with E-state index in [4.69, 9.17) is 0 Å². The molecule has 0 aliphatic heterocycles. The standard InChI is InChI=1S/C15H20N4O3S/c1-11(2)19(4)23(21,22)14-7-5-12(6-8-14)15(20)17-13-9-16-18(3)10-13/h5-11H,1-4H3,(H,17,20). The van der Waals surface area contributed by atoms with E-state index in [2.05, 4.69) is 10.4 Å². The molecule has 0 aliphatic carbocycles. The number of amides is 1. The number of rotatable bonds is 5. The number of aromatic nitrogens is 2. The van der Waals surface area contributed by atoms with Crippen LogP contribution in [0.3, 0.4) is 0 Å². The molecule has 1 heterocycles. The number of aryl methyl sites for hydroxylation is 1. The highest BCUT2D eigenvalue weighted by atomic mass is 32.2. The van der Waals surface area contributed by atoms with Crippen molar-refractivity contribution in [1.29, 1.82) is 0 Å². The third kappa shape index (κ3) is 3.77. The van der Waals surface area contributed by atoms with Gasteiger partial charge in [0.2, 0.25) is 10.0 Å². The van der Waals surface area contributed by atoms with Crippen LogP contribution in [0.1, 0.15) is 24.2 Å². The van der Waals surface area contributed by atoms with Gasteiger partial charge in [0.15, 0.2) is 0 Å². The number of nitrogens with zero attached hydrogens (tertiary/aromatic N) is 3. The molecule has 0 bridgehead atoms. The van der Waals surface area contributed by atoms with Gasteiger partial charge in [0, 0.05) is 31.9 Å². The molecule has 23 heavy (non-hydrogen) atoms. The van der Waals surface area contributed by atoms with Gasteiger partial charge in [0.1, 0.15) is 0 Å². The van der Waals surface area contributed by atoms with Gasteiger partial charge in [-0.1, -0.05) is 0 Å². The molecule has 124 valence electrons. The number of carbonyl (C=O) groups excluding carboxylic acids is 1. The van der Waals surface area contributed by atoms with Crippen molar-refractivity contribution in [3.8, 4) is 0 Å². The van der Waals surface area contributed by atoms with Gasteiger partial charge in [-0.15, -0.1) is 0 Å². The van der Waals surface area contributed by atoms with Crippen LogP contribution in [0, 0.1) is 0 Å². The molecule has 0 spiro atoms. The maximum Gasteiger partial charge on any atom is 0.255 e. The molecule has 1 amide bonds. The van der Waals surface area contributed by atoms with Gasteiger partial charge in [-0.2, -0.15) is 9.40 Å². The Balaban J connectivity index is 2.17. The van der Waals surface area contributed by atoms with Crippen molar-refractivity contribution in [2.45, 2.75) is 24.8 Å². The lowest BCUT2D eigenvalue weighted by Crippen LogP contribution is -2.33. The van der Waals surface area contributed by atoms with Crippen LogP contribution in [0.15, 0.2) is 41.6 Å². The van der Waals surface area contributed by atoms with Crippen molar-refractivity contribution < 1.29 is 13.2 Å². The Morgan fingerprint density at radius 3 is 2.35 bits per heavy atom. The smallest absolute Gasteiger partial charge is 0.255 e. The second-order valence-corrected chi connectivity index (χ2v) is 7.49. The summed E-state index contributed by atoms with van der Waals surface area (Å²) in [5, 5.41) is 6.66. The van der Waals surface area contributed by atoms with Crippen LogP contribution in [-0.4, -0.2) is 41.5 Å². The van der Waals surface area contributed by atoms with Crippen molar-refractivity contribution in [2.75, 3.05) is 12.4 Å². The van der Waals surface area contributed by atoms with E-state index in [1.54, 1.807) is 31.8 Å². The van der Waals surface area contributed by atoms with Crippen molar-refractivity contribution in [2.24, 2.45) is 7.05 Å². The molecule has 1 N–H and O–H groups in total. The quantitative estimate of drug-likeness (QED) is 0.901. The van der Waals surface area contributed by atoms with Gasteiger partial charge in [-0.25, -0.2) is 8.42 Å². The summed E-state index contributed by atoms with van der Waals surface area (Å²) in [5.41, 5.74) is 0.953. The van der Waals surface area contributed by atoms with Crippen molar-refractivity contribution in [3.05, 3.63) is 42.2 Å². The summed E-state index contributed by atoms with van der Waals surface area (Å²) < 4.78 is 27.6. The molecular formula is C15H20N4O3S. The number of hydrogen-bond donors (Lipinski definition) is 1. The van der Waals surface area contributed by atoms with Crippen molar-refractivity contribution in [3.63, 3.8) is 0 Å². The fourth-order valence-corrected chi connectivity index (χ4v) is 3.28. The monoisotopic (exact) mass is 336 g/mol. The first-order valence-electron chi connectivity index (χ1n) is 7.10. The zero-order valence-electron chi connectivity index (χ0n) is 13.5. The highest BCUT2D eigenvalue weighted by Crippen LogP contribution is 2.17. The minimum Gasteiger partial charge on any atom is -0.319 e. The minimum absolute atomic E-state index is 0.145. The molecule has 8 heteroatoms. The maximum absolute atomic E-state index is 12.4. The fraction of sp³-hybridized carbons (Fsp3) is 0.333. The van der Waals surface area contributed by atoms with Crippen LogP contribution < -0.4 is 5.32 Å². The van der Waals surface area contributed by atoms with Gasteiger partial charge in [-0.3, -0.25) is 9.48 Å². The third-order valence-electron chi connectivity index (χ3n) is 3.48. The molecule has 2 aromatic rings. The average molecular weight is 336 g/mol. The van der Waals surface area contributed by atoms with Crippen molar-refractivity contribution >= 4 is 21.6 Å². The first-order chi connectivity index (χ1) is 10.7. The Hall–Kier alpha value is -2.19. The SMILES string of the molecule is CC(C)N(C)S(=O)(=O)c1ccc(C(=O)Nc2cnn(C)c2)cc1. The first kappa shape index (κ1) is 17.2. The van der Waals surface area contributed by atoms with E-state index >= 15 is 0 Å². The lowest BCUT2D eigenvalue weighted by Gasteiger charge is -2.21. The van der Waals surface area contributed by atoms with Crippen LogP contribution in [0.25, 0.3) is 0 Å². The summed E-state index contributed by atoms with van der Waals surface area (Å²) in [6.07, 6.45) is 3.21. The molecule has 0 atom stereocenters. The summed E-state index contributed by atoms with van der Waals surface area (Å²) in [6, 6.07) is 5.71. The van der Waals surface area contributed by atoms with Crippen LogP contribution in [0.4, 0.5) is 5.69 Å². The van der Waals surface area contributed by atoms with E-state index < -0.39 is 10.0 Å². The summed E-state index contributed by atoms with van der Waals surface area (Å²) in [6.45, 7) is 3.60. The van der Waals surface area contributed by atoms with Gasteiger partial charge in [0.25, 0.3) is 5.91 Å². The molecule has 0 unspecified atom stereocenters. The van der Waals surface area contributed by atoms with E-state index in [1.807, 2.05) is 0 Å². The first-order valence-corrected chi connectivity index (χ1v) is 8.54. The zero-order valence-corrected chi connectivity index (χ0v) is 14.3. The van der Waals surface area contributed by atoms with Crippen LogP contribution >= 0.6 is 0 Å². The lowest BCUT2D eigenvalue weighted by atomic mass is 10.2. The van der Waals surface area contributed by atoms with Gasteiger partial charge in [0.05, 0.1) is 16.8 Å². The average Bonchev–Trinajstić information content (AvgIpc) is 2.91. The number of sulfonamides is 1. The van der Waals surface area contributed by atoms with E-state index in [9.17, 15) is 13.2 Å². The molecule has 0 aliphatic rings. The molecule has 0 saturated carbocycles. The van der Waals surface area contributed by atoms with Gasteiger partial charge < -0.3 is 5.32 Å². The molecular weight excluding hydrogens is 316 g/mol. The lowest BCUT2D eigenvalue weighted by molar-refractivity contribution is 0.102. The van der Waals surface area contributed by atoms with Crippen molar-refractivity contribution in [1.82, 2.24) is 14.1 Å². The number of hydrogen-bond acceptors (Lipinski definition) is 4. The molecule has 1 aromatic carbocycles. The Bertz CT molecular complexity index is 794. The molecule has 0 radical (unpaired) electrons. The third-order valence-corrected chi connectivity index (χ3v) is 5.53. The topological polar surface area (TPSA) is 84.3 Å².